The van der Waals surface area contributed by atoms with Gasteiger partial charge in [-0.25, -0.2) is 13.8 Å². The number of nitrogens with zero attached hydrogens (tertiary/aromatic N) is 1. The number of primary amides is 1. The molecule has 1 heterocycles. The molecule has 0 saturated carbocycles. The lowest BCUT2D eigenvalue weighted by Gasteiger charge is -2.11. The summed E-state index contributed by atoms with van der Waals surface area (Å²) in [4.78, 5) is 15.6. The van der Waals surface area contributed by atoms with Crippen LogP contribution in [0.2, 0.25) is 0 Å². The van der Waals surface area contributed by atoms with Crippen LogP contribution in [0.25, 0.3) is 11.3 Å². The predicted molar refractivity (Wildman–Crippen MR) is 88.0 cm³/mol. The number of pyridine rings is 1. The monoisotopic (exact) mass is 358 g/mol. The number of ether oxygens (including phenoxy) is 1. The standard InChI is InChI=1S/C18H12F2N2O4/c19-12-6-4-9(8-15(12)24)26-18-11(17(21)25)5-7-13(22-18)10-2-1-3-14(23)16(10)20/h1-8,23-24H,(H2,21,25). The largest absolute Gasteiger partial charge is 0.505 e. The number of amides is 1. The fourth-order valence-corrected chi connectivity index (χ4v) is 2.24. The van der Waals surface area contributed by atoms with Crippen molar-refractivity contribution in [2.45, 2.75) is 0 Å². The van der Waals surface area contributed by atoms with E-state index in [4.69, 9.17) is 10.5 Å². The van der Waals surface area contributed by atoms with Crippen molar-refractivity contribution in [2.24, 2.45) is 5.73 Å². The third kappa shape index (κ3) is 3.25. The molecule has 2 aromatic carbocycles. The van der Waals surface area contributed by atoms with Crippen LogP contribution >= 0.6 is 0 Å². The fraction of sp³-hybridized carbons (Fsp3) is 0. The molecule has 0 radical (unpaired) electrons. The molecule has 1 amide bonds. The molecule has 0 unspecified atom stereocenters. The van der Waals surface area contributed by atoms with E-state index in [9.17, 15) is 23.8 Å². The molecule has 0 atom stereocenters. The summed E-state index contributed by atoms with van der Waals surface area (Å²) in [5, 5.41) is 18.9. The van der Waals surface area contributed by atoms with Crippen molar-refractivity contribution in [2.75, 3.05) is 0 Å². The summed E-state index contributed by atoms with van der Waals surface area (Å²) in [7, 11) is 0. The molecule has 26 heavy (non-hydrogen) atoms. The molecule has 8 heteroatoms. The molecule has 0 fully saturated rings. The lowest BCUT2D eigenvalue weighted by molar-refractivity contribution is 0.0997. The first-order valence-electron chi connectivity index (χ1n) is 7.32. The Kier molecular flexibility index (Phi) is 4.40. The van der Waals surface area contributed by atoms with Gasteiger partial charge in [-0.2, -0.15) is 0 Å². The van der Waals surface area contributed by atoms with E-state index in [2.05, 4.69) is 4.98 Å². The zero-order valence-electron chi connectivity index (χ0n) is 13.1. The Balaban J connectivity index is 2.08. The van der Waals surface area contributed by atoms with Gasteiger partial charge in [0.1, 0.15) is 11.3 Å². The maximum Gasteiger partial charge on any atom is 0.254 e. The highest BCUT2D eigenvalue weighted by atomic mass is 19.1. The molecule has 0 saturated heterocycles. The second-order valence-corrected chi connectivity index (χ2v) is 5.27. The Morgan fingerprint density at radius 1 is 1.04 bits per heavy atom. The third-order valence-electron chi connectivity index (χ3n) is 3.51. The molecule has 132 valence electrons. The van der Waals surface area contributed by atoms with Gasteiger partial charge in [-0.05, 0) is 36.4 Å². The number of hydrogen-bond donors (Lipinski definition) is 3. The quantitative estimate of drug-likeness (QED) is 0.663. The topological polar surface area (TPSA) is 106 Å². The SMILES string of the molecule is NC(=O)c1ccc(-c2cccc(O)c2F)nc1Oc1ccc(F)c(O)c1. The first-order valence-corrected chi connectivity index (χ1v) is 7.32. The van der Waals surface area contributed by atoms with Crippen LogP contribution in [-0.4, -0.2) is 21.1 Å². The summed E-state index contributed by atoms with van der Waals surface area (Å²) in [5.74, 6) is -4.07. The summed E-state index contributed by atoms with van der Waals surface area (Å²) >= 11 is 0. The predicted octanol–water partition coefficient (Wildman–Crippen LogP) is 3.33. The molecular weight excluding hydrogens is 346 g/mol. The van der Waals surface area contributed by atoms with Crippen LogP contribution in [0, 0.1) is 11.6 Å². The number of nitrogens with two attached hydrogens (primary N) is 1. The first-order chi connectivity index (χ1) is 12.4. The number of hydrogen-bond acceptors (Lipinski definition) is 5. The van der Waals surface area contributed by atoms with Crippen LogP contribution in [0.5, 0.6) is 23.1 Å². The van der Waals surface area contributed by atoms with Crippen LogP contribution in [0.15, 0.2) is 48.5 Å². The minimum absolute atomic E-state index is 0.00701. The Hall–Kier alpha value is -3.68. The minimum atomic E-state index is -0.891. The van der Waals surface area contributed by atoms with Gasteiger partial charge in [0.05, 0.1) is 5.69 Å². The maximum absolute atomic E-state index is 14.1. The molecule has 1 aromatic heterocycles. The highest BCUT2D eigenvalue weighted by molar-refractivity contribution is 5.95. The first kappa shape index (κ1) is 17.2. The van der Waals surface area contributed by atoms with Gasteiger partial charge in [-0.1, -0.05) is 6.07 Å². The fourth-order valence-electron chi connectivity index (χ4n) is 2.24. The van der Waals surface area contributed by atoms with E-state index < -0.39 is 29.0 Å². The number of carbonyl (C=O) groups excluding carboxylic acids is 1. The van der Waals surface area contributed by atoms with Gasteiger partial charge in [0.15, 0.2) is 23.1 Å². The smallest absolute Gasteiger partial charge is 0.254 e. The van der Waals surface area contributed by atoms with Crippen molar-refractivity contribution in [1.82, 2.24) is 4.98 Å². The lowest BCUT2D eigenvalue weighted by Crippen LogP contribution is -2.13. The molecular formula is C18H12F2N2O4. The summed E-state index contributed by atoms with van der Waals surface area (Å²) in [6.45, 7) is 0. The number of rotatable bonds is 4. The summed E-state index contributed by atoms with van der Waals surface area (Å²) in [5.41, 5.74) is 5.24. The second-order valence-electron chi connectivity index (χ2n) is 5.27. The van der Waals surface area contributed by atoms with Crippen molar-refractivity contribution in [3.63, 3.8) is 0 Å². The highest BCUT2D eigenvalue weighted by Gasteiger charge is 2.17. The van der Waals surface area contributed by atoms with Gasteiger partial charge in [0, 0.05) is 11.6 Å². The minimum Gasteiger partial charge on any atom is -0.505 e. The molecule has 6 nitrogen and oxygen atoms in total. The van der Waals surface area contributed by atoms with E-state index in [0.29, 0.717) is 0 Å². The maximum atomic E-state index is 14.1. The van der Waals surface area contributed by atoms with E-state index in [-0.39, 0.29) is 28.5 Å². The van der Waals surface area contributed by atoms with Crippen LogP contribution in [-0.2, 0) is 0 Å². The third-order valence-corrected chi connectivity index (χ3v) is 3.51. The average Bonchev–Trinajstić information content (AvgIpc) is 2.60. The van der Waals surface area contributed by atoms with E-state index in [0.717, 1.165) is 12.1 Å². The second kappa shape index (κ2) is 6.67. The number of phenolic OH excluding ortho intramolecular Hbond substituents is 2. The number of aromatic nitrogens is 1. The van der Waals surface area contributed by atoms with Crippen molar-refractivity contribution in [1.29, 1.82) is 0 Å². The van der Waals surface area contributed by atoms with Crippen molar-refractivity contribution < 1.29 is 28.5 Å². The summed E-state index contributed by atoms with van der Waals surface area (Å²) in [6.07, 6.45) is 0. The number of phenols is 2. The van der Waals surface area contributed by atoms with E-state index in [1.165, 1.54) is 36.4 Å². The molecule has 0 aliphatic heterocycles. The van der Waals surface area contributed by atoms with E-state index in [1.807, 2.05) is 0 Å². The molecule has 3 aromatic rings. The summed E-state index contributed by atoms with van der Waals surface area (Å²) < 4.78 is 32.7. The lowest BCUT2D eigenvalue weighted by atomic mass is 10.1. The van der Waals surface area contributed by atoms with E-state index in [1.54, 1.807) is 0 Å². The van der Waals surface area contributed by atoms with Crippen LogP contribution in [0.4, 0.5) is 8.78 Å². The highest BCUT2D eigenvalue weighted by Crippen LogP contribution is 2.32. The number of benzene rings is 2. The molecule has 0 spiro atoms. The molecule has 0 bridgehead atoms. The van der Waals surface area contributed by atoms with Gasteiger partial charge in [-0.3, -0.25) is 4.79 Å². The molecule has 0 aliphatic rings. The number of carbonyl (C=O) groups is 1. The number of halogens is 2. The van der Waals surface area contributed by atoms with Crippen LogP contribution in [0.1, 0.15) is 10.4 Å². The van der Waals surface area contributed by atoms with Crippen molar-refractivity contribution in [3.05, 3.63) is 65.7 Å². The van der Waals surface area contributed by atoms with Crippen LogP contribution in [0.3, 0.4) is 0 Å². The number of aromatic hydroxyl groups is 2. The molecule has 3 rings (SSSR count). The van der Waals surface area contributed by atoms with Gasteiger partial charge in [0.25, 0.3) is 5.91 Å². The van der Waals surface area contributed by atoms with Crippen molar-refractivity contribution in [3.8, 4) is 34.4 Å². The van der Waals surface area contributed by atoms with Crippen molar-refractivity contribution >= 4 is 5.91 Å². The Labute approximate surface area is 146 Å². The molecule has 0 aliphatic carbocycles. The molecule has 4 N–H and O–H groups in total. The zero-order chi connectivity index (χ0) is 18.8. The van der Waals surface area contributed by atoms with Gasteiger partial charge in [-0.15, -0.1) is 0 Å². The zero-order valence-corrected chi connectivity index (χ0v) is 13.1. The van der Waals surface area contributed by atoms with E-state index >= 15 is 0 Å². The Bertz CT molecular complexity index is 1010. The van der Waals surface area contributed by atoms with Gasteiger partial charge in [0.2, 0.25) is 5.88 Å². The van der Waals surface area contributed by atoms with Gasteiger partial charge < -0.3 is 20.7 Å². The van der Waals surface area contributed by atoms with Crippen LogP contribution < -0.4 is 10.5 Å². The van der Waals surface area contributed by atoms with Gasteiger partial charge >= 0.3 is 0 Å². The average molecular weight is 358 g/mol. The Morgan fingerprint density at radius 3 is 2.50 bits per heavy atom. The summed E-state index contributed by atoms with van der Waals surface area (Å²) in [6, 6.07) is 9.78. The Morgan fingerprint density at radius 2 is 1.81 bits per heavy atom. The normalized spacial score (nSPS) is 10.5.